The van der Waals surface area contributed by atoms with Crippen molar-refractivity contribution < 1.29 is 14.3 Å². The summed E-state index contributed by atoms with van der Waals surface area (Å²) >= 11 is 0. The van der Waals surface area contributed by atoms with E-state index in [4.69, 9.17) is 4.42 Å². The monoisotopic (exact) mass is 364 g/mol. The Bertz CT molecular complexity index is 1070. The third-order valence-corrected chi connectivity index (χ3v) is 4.76. The summed E-state index contributed by atoms with van der Waals surface area (Å²) in [5.74, 6) is 0.0433. The molecule has 4 rings (SSSR count). The highest BCUT2D eigenvalue weighted by molar-refractivity contribution is 5.94. The number of aryl methyl sites for hydroxylation is 1. The fraction of sp³-hybridized carbons (Fsp3) is 0.238. The second kappa shape index (κ2) is 6.79. The first-order chi connectivity index (χ1) is 13.0. The van der Waals surface area contributed by atoms with E-state index in [2.05, 4.69) is 10.6 Å². The molecule has 138 valence electrons. The van der Waals surface area contributed by atoms with Crippen molar-refractivity contribution in [1.82, 2.24) is 5.32 Å². The van der Waals surface area contributed by atoms with E-state index in [0.29, 0.717) is 29.3 Å². The third-order valence-electron chi connectivity index (χ3n) is 4.76. The fourth-order valence-electron chi connectivity index (χ4n) is 3.00. The van der Waals surface area contributed by atoms with Gasteiger partial charge in [0.2, 0.25) is 0 Å². The van der Waals surface area contributed by atoms with E-state index in [9.17, 15) is 14.7 Å². The van der Waals surface area contributed by atoms with Crippen LogP contribution in [-0.4, -0.2) is 17.1 Å². The number of phenolic OH excluding ortho intramolecular Hbond substituents is 1. The molecule has 2 aromatic carbocycles. The summed E-state index contributed by atoms with van der Waals surface area (Å²) in [6.07, 6.45) is 2.11. The number of phenols is 1. The number of fused-ring (bicyclic) bond motifs is 1. The average molecular weight is 364 g/mol. The number of nitrogens with one attached hydrogen (secondary N) is 2. The number of hydrogen-bond acceptors (Lipinski definition) is 5. The number of benzene rings is 2. The smallest absolute Gasteiger partial charge is 0.336 e. The molecule has 1 aliphatic carbocycles. The lowest BCUT2D eigenvalue weighted by Crippen LogP contribution is -2.25. The van der Waals surface area contributed by atoms with Crippen LogP contribution in [0.25, 0.3) is 11.0 Å². The molecule has 0 bridgehead atoms. The van der Waals surface area contributed by atoms with Crippen molar-refractivity contribution in [2.45, 2.75) is 32.4 Å². The Morgan fingerprint density at radius 1 is 1.19 bits per heavy atom. The summed E-state index contributed by atoms with van der Waals surface area (Å²) in [6, 6.07) is 12.3. The van der Waals surface area contributed by atoms with Crippen molar-refractivity contribution in [1.29, 1.82) is 0 Å². The molecule has 0 radical (unpaired) electrons. The number of amides is 1. The van der Waals surface area contributed by atoms with E-state index in [-0.39, 0.29) is 11.7 Å². The van der Waals surface area contributed by atoms with Crippen LogP contribution in [0, 0.1) is 6.92 Å². The molecule has 1 heterocycles. The number of hydrogen-bond donors (Lipinski definition) is 3. The molecule has 1 fully saturated rings. The van der Waals surface area contributed by atoms with E-state index in [1.165, 1.54) is 6.07 Å². The lowest BCUT2D eigenvalue weighted by atomic mass is 10.1. The first kappa shape index (κ1) is 17.1. The van der Waals surface area contributed by atoms with Crippen molar-refractivity contribution in [2.75, 3.05) is 5.32 Å². The highest BCUT2D eigenvalue weighted by Gasteiger charge is 2.23. The van der Waals surface area contributed by atoms with E-state index in [1.807, 2.05) is 12.1 Å². The van der Waals surface area contributed by atoms with Crippen molar-refractivity contribution in [3.8, 4) is 5.75 Å². The van der Waals surface area contributed by atoms with Crippen LogP contribution in [0.15, 0.2) is 51.7 Å². The lowest BCUT2D eigenvalue weighted by Gasteiger charge is -2.11. The highest BCUT2D eigenvalue weighted by Crippen LogP contribution is 2.27. The van der Waals surface area contributed by atoms with Gasteiger partial charge in [-0.1, -0.05) is 0 Å². The van der Waals surface area contributed by atoms with Crippen LogP contribution in [0.5, 0.6) is 5.75 Å². The molecule has 0 saturated heterocycles. The Kier molecular flexibility index (Phi) is 4.32. The van der Waals surface area contributed by atoms with Crippen LogP contribution < -0.4 is 16.3 Å². The van der Waals surface area contributed by atoms with Gasteiger partial charge < -0.3 is 20.2 Å². The minimum absolute atomic E-state index is 0.0500. The Morgan fingerprint density at radius 2 is 1.93 bits per heavy atom. The fourth-order valence-corrected chi connectivity index (χ4v) is 3.00. The molecule has 0 aliphatic heterocycles. The standard InChI is InChI=1S/C21H20N2O4/c1-12-18(24)9-8-17-14(10-19(25)27-20(12)17)11-22-15-4-2-13(3-5-15)21(26)23-16-6-7-16/h2-5,8-10,16,22,24H,6-7,11H2,1H3,(H,23,26). The van der Waals surface area contributed by atoms with Crippen LogP contribution in [0.1, 0.15) is 34.3 Å². The summed E-state index contributed by atoms with van der Waals surface area (Å²) in [5.41, 5.74) is 2.73. The second-order valence-electron chi connectivity index (χ2n) is 6.86. The SMILES string of the molecule is Cc1c(O)ccc2c(CNc3ccc(C(=O)NC4CC4)cc3)cc(=O)oc12. The van der Waals surface area contributed by atoms with Gasteiger partial charge in [-0.3, -0.25) is 4.79 Å². The number of rotatable bonds is 5. The molecule has 3 aromatic rings. The molecule has 6 heteroatoms. The van der Waals surface area contributed by atoms with Crippen molar-refractivity contribution in [2.24, 2.45) is 0 Å². The van der Waals surface area contributed by atoms with Gasteiger partial charge in [0, 0.05) is 40.9 Å². The normalized spacial score (nSPS) is 13.5. The molecule has 0 spiro atoms. The van der Waals surface area contributed by atoms with Gasteiger partial charge in [0.25, 0.3) is 5.91 Å². The molecule has 27 heavy (non-hydrogen) atoms. The summed E-state index contributed by atoms with van der Waals surface area (Å²) in [7, 11) is 0. The van der Waals surface area contributed by atoms with Gasteiger partial charge >= 0.3 is 5.63 Å². The van der Waals surface area contributed by atoms with Crippen molar-refractivity contribution >= 4 is 22.6 Å². The Balaban J connectivity index is 1.52. The van der Waals surface area contributed by atoms with Crippen LogP contribution >= 0.6 is 0 Å². The van der Waals surface area contributed by atoms with Gasteiger partial charge in [0.05, 0.1) is 0 Å². The van der Waals surface area contributed by atoms with Crippen LogP contribution in [0.3, 0.4) is 0 Å². The third kappa shape index (κ3) is 3.65. The first-order valence-electron chi connectivity index (χ1n) is 8.91. The number of anilines is 1. The van der Waals surface area contributed by atoms with Crippen LogP contribution in [0.2, 0.25) is 0 Å². The number of aromatic hydroxyl groups is 1. The van der Waals surface area contributed by atoms with Gasteiger partial charge in [0.15, 0.2) is 0 Å². The van der Waals surface area contributed by atoms with Crippen molar-refractivity contribution in [3.63, 3.8) is 0 Å². The maximum Gasteiger partial charge on any atom is 0.336 e. The molecular weight excluding hydrogens is 344 g/mol. The summed E-state index contributed by atoms with van der Waals surface area (Å²) in [4.78, 5) is 23.9. The maximum absolute atomic E-state index is 12.0. The Labute approximate surface area is 155 Å². The predicted octanol–water partition coefficient (Wildman–Crippen LogP) is 3.31. The minimum Gasteiger partial charge on any atom is -0.508 e. The zero-order valence-electron chi connectivity index (χ0n) is 14.9. The second-order valence-corrected chi connectivity index (χ2v) is 6.86. The van der Waals surface area contributed by atoms with Gasteiger partial charge in [0.1, 0.15) is 11.3 Å². The molecular formula is C21H20N2O4. The van der Waals surface area contributed by atoms with E-state index in [0.717, 1.165) is 29.5 Å². The summed E-state index contributed by atoms with van der Waals surface area (Å²) in [5, 5.41) is 16.8. The largest absolute Gasteiger partial charge is 0.508 e. The molecule has 0 atom stereocenters. The van der Waals surface area contributed by atoms with E-state index < -0.39 is 5.63 Å². The quantitative estimate of drug-likeness (QED) is 0.604. The molecule has 0 unspecified atom stereocenters. The van der Waals surface area contributed by atoms with E-state index in [1.54, 1.807) is 31.2 Å². The lowest BCUT2D eigenvalue weighted by molar-refractivity contribution is 0.0951. The predicted molar refractivity (Wildman–Crippen MR) is 103 cm³/mol. The minimum atomic E-state index is -0.458. The van der Waals surface area contributed by atoms with Gasteiger partial charge in [-0.15, -0.1) is 0 Å². The average Bonchev–Trinajstić information content (AvgIpc) is 3.47. The van der Waals surface area contributed by atoms with Gasteiger partial charge in [-0.25, -0.2) is 4.79 Å². The molecule has 1 aromatic heterocycles. The molecule has 6 nitrogen and oxygen atoms in total. The number of carbonyl (C=O) groups excluding carboxylic acids is 1. The molecule has 1 saturated carbocycles. The highest BCUT2D eigenvalue weighted by atomic mass is 16.4. The zero-order valence-corrected chi connectivity index (χ0v) is 14.9. The maximum atomic E-state index is 12.0. The first-order valence-corrected chi connectivity index (χ1v) is 8.91. The summed E-state index contributed by atoms with van der Waals surface area (Å²) < 4.78 is 5.26. The Morgan fingerprint density at radius 3 is 2.63 bits per heavy atom. The summed E-state index contributed by atoms with van der Waals surface area (Å²) in [6.45, 7) is 2.13. The zero-order chi connectivity index (χ0) is 19.0. The van der Waals surface area contributed by atoms with Crippen LogP contribution in [-0.2, 0) is 6.54 Å². The van der Waals surface area contributed by atoms with E-state index >= 15 is 0 Å². The molecule has 1 amide bonds. The van der Waals surface area contributed by atoms with Crippen LogP contribution in [0.4, 0.5) is 5.69 Å². The Hall–Kier alpha value is -3.28. The van der Waals surface area contributed by atoms with Crippen molar-refractivity contribution in [3.05, 3.63) is 69.6 Å². The topological polar surface area (TPSA) is 91.6 Å². The van der Waals surface area contributed by atoms with Gasteiger partial charge in [-0.05, 0) is 61.7 Å². The molecule has 1 aliphatic rings. The number of carbonyl (C=O) groups is 1. The van der Waals surface area contributed by atoms with Gasteiger partial charge in [-0.2, -0.15) is 0 Å². The molecule has 3 N–H and O–H groups in total.